The molecule has 132 valence electrons. The van der Waals surface area contributed by atoms with E-state index >= 15 is 0 Å². The van der Waals surface area contributed by atoms with E-state index in [0.29, 0.717) is 15.8 Å². The summed E-state index contributed by atoms with van der Waals surface area (Å²) in [5.41, 5.74) is 0. The highest BCUT2D eigenvalue weighted by molar-refractivity contribution is 8.93. The lowest BCUT2D eigenvalue weighted by Crippen LogP contribution is -1.97. The van der Waals surface area contributed by atoms with Crippen LogP contribution in [0.2, 0.25) is 0 Å². The van der Waals surface area contributed by atoms with Crippen molar-refractivity contribution in [2.75, 3.05) is 30.6 Å². The van der Waals surface area contributed by atoms with Crippen LogP contribution in [0.5, 0.6) is 0 Å². The second kappa shape index (κ2) is 21.8. The summed E-state index contributed by atoms with van der Waals surface area (Å²) >= 11 is 0. The lowest BCUT2D eigenvalue weighted by molar-refractivity contribution is 0.704. The highest BCUT2D eigenvalue weighted by Gasteiger charge is 2.12. The second-order valence-electron chi connectivity index (χ2n) is 5.68. The molecular weight excluding hydrogens is 426 g/mol. The van der Waals surface area contributed by atoms with Crippen LogP contribution in [0.4, 0.5) is 0 Å². The van der Waals surface area contributed by atoms with Gasteiger partial charge in [0.05, 0.1) is 0 Å². The van der Waals surface area contributed by atoms with Crippen molar-refractivity contribution in [1.29, 1.82) is 0 Å². The Bertz CT molecular complexity index is 162. The lowest BCUT2D eigenvalue weighted by Gasteiger charge is -2.23. The van der Waals surface area contributed by atoms with E-state index in [9.17, 15) is 0 Å². The molecule has 0 aliphatic heterocycles. The van der Waals surface area contributed by atoms with E-state index in [1.54, 1.807) is 18.2 Å². The highest BCUT2D eigenvalue weighted by Crippen LogP contribution is 2.51. The molecule has 0 aliphatic rings. The quantitative estimate of drug-likeness (QED) is 0.179. The first-order valence-corrected chi connectivity index (χ1v) is 12.5. The number of hydrogen-bond acceptors (Lipinski definition) is 0. The molecule has 4 heteroatoms. The molecule has 0 aromatic carbocycles. The fourth-order valence-corrected chi connectivity index (χ4v) is 9.43. The molecule has 2 unspecified atom stereocenters. The molecule has 0 saturated heterocycles. The maximum absolute atomic E-state index is 2.44. The molecule has 0 aliphatic carbocycles. The molecule has 0 amide bonds. The molecule has 0 heterocycles. The van der Waals surface area contributed by atoms with Crippen LogP contribution in [0, 0.1) is 0 Å². The monoisotopic (exact) mass is 464 g/mol. The van der Waals surface area contributed by atoms with Crippen LogP contribution in [-0.2, 0) is 0 Å². The van der Waals surface area contributed by atoms with E-state index in [0.717, 1.165) is 0 Å². The van der Waals surface area contributed by atoms with E-state index in [4.69, 9.17) is 0 Å². The minimum atomic E-state index is 0. The van der Waals surface area contributed by atoms with Crippen LogP contribution in [-0.4, -0.2) is 30.6 Å². The van der Waals surface area contributed by atoms with Gasteiger partial charge in [0.15, 0.2) is 0 Å². The summed E-state index contributed by atoms with van der Waals surface area (Å²) in [6.45, 7) is 9.50. The minimum absolute atomic E-state index is 0. The van der Waals surface area contributed by atoms with Gasteiger partial charge in [-0.1, -0.05) is 66.2 Å². The van der Waals surface area contributed by atoms with Crippen LogP contribution in [0.25, 0.3) is 0 Å². The SMILES string of the molecule is Br.Br.CCCCCCP(CC)CP(CC)CCCCCC. The van der Waals surface area contributed by atoms with Crippen LogP contribution in [0.15, 0.2) is 0 Å². The highest BCUT2D eigenvalue weighted by atomic mass is 79.9. The molecule has 0 spiro atoms. The third-order valence-corrected chi connectivity index (χ3v) is 10.8. The summed E-state index contributed by atoms with van der Waals surface area (Å²) < 4.78 is 0. The van der Waals surface area contributed by atoms with Gasteiger partial charge in [-0.25, -0.2) is 0 Å². The first-order chi connectivity index (χ1) is 9.28. The molecular formula is C17H40Br2P2. The topological polar surface area (TPSA) is 0 Å². The number of halogens is 2. The first kappa shape index (κ1) is 27.7. The van der Waals surface area contributed by atoms with Gasteiger partial charge in [-0.05, 0) is 43.4 Å². The van der Waals surface area contributed by atoms with Crippen molar-refractivity contribution in [2.24, 2.45) is 0 Å². The van der Waals surface area contributed by atoms with Gasteiger partial charge in [-0.15, -0.1) is 49.8 Å². The van der Waals surface area contributed by atoms with E-state index < -0.39 is 0 Å². The normalized spacial score (nSPS) is 13.1. The van der Waals surface area contributed by atoms with Crippen LogP contribution in [0.3, 0.4) is 0 Å². The van der Waals surface area contributed by atoms with Crippen molar-refractivity contribution in [1.82, 2.24) is 0 Å². The number of hydrogen-bond donors (Lipinski definition) is 0. The third-order valence-electron chi connectivity index (χ3n) is 3.95. The Morgan fingerprint density at radius 1 is 0.524 bits per heavy atom. The maximum atomic E-state index is 2.44. The third kappa shape index (κ3) is 18.0. The molecule has 21 heavy (non-hydrogen) atoms. The molecule has 0 bridgehead atoms. The first-order valence-electron chi connectivity index (χ1n) is 8.73. The molecule has 0 aromatic rings. The van der Waals surface area contributed by atoms with E-state index in [1.165, 1.54) is 63.7 Å². The molecule has 0 N–H and O–H groups in total. The summed E-state index contributed by atoms with van der Waals surface area (Å²) in [6, 6.07) is 0. The van der Waals surface area contributed by atoms with E-state index in [1.807, 2.05) is 0 Å². The van der Waals surface area contributed by atoms with E-state index in [2.05, 4.69) is 27.7 Å². The largest absolute Gasteiger partial charge is 0.114 e. The van der Waals surface area contributed by atoms with Crippen LogP contribution in [0.1, 0.15) is 79.1 Å². The molecule has 0 radical (unpaired) electrons. The van der Waals surface area contributed by atoms with Gasteiger partial charge in [0.2, 0.25) is 0 Å². The zero-order valence-electron chi connectivity index (χ0n) is 14.9. The Labute approximate surface area is 159 Å². The Morgan fingerprint density at radius 3 is 1.19 bits per heavy atom. The molecule has 0 rings (SSSR count). The molecule has 0 saturated carbocycles. The smallest absolute Gasteiger partial charge is 0.0121 e. The predicted octanol–water partition coefficient (Wildman–Crippen LogP) is 8.26. The molecule has 0 fully saturated rings. The van der Waals surface area contributed by atoms with Gasteiger partial charge in [0.25, 0.3) is 0 Å². The van der Waals surface area contributed by atoms with Crippen molar-refractivity contribution >= 4 is 49.8 Å². The van der Waals surface area contributed by atoms with Gasteiger partial charge >= 0.3 is 0 Å². The Morgan fingerprint density at radius 2 is 0.905 bits per heavy atom. The predicted molar refractivity (Wildman–Crippen MR) is 118 cm³/mol. The maximum Gasteiger partial charge on any atom is -0.0121 e. The van der Waals surface area contributed by atoms with Crippen molar-refractivity contribution in [3.05, 3.63) is 0 Å². The Kier molecular flexibility index (Phi) is 28.7. The standard InChI is InChI=1S/C17H38P2.2BrH/c1-5-9-11-13-15-18(7-3)17-19(8-4)16-14-12-10-6-2;;/h5-17H2,1-4H3;2*1H. The van der Waals surface area contributed by atoms with Gasteiger partial charge in [-0.2, -0.15) is 0 Å². The van der Waals surface area contributed by atoms with Crippen molar-refractivity contribution < 1.29 is 0 Å². The van der Waals surface area contributed by atoms with Gasteiger partial charge in [-0.3, -0.25) is 0 Å². The summed E-state index contributed by atoms with van der Waals surface area (Å²) in [7, 11) is 0.768. The van der Waals surface area contributed by atoms with Gasteiger partial charge in [0, 0.05) is 0 Å². The molecule has 0 nitrogen and oxygen atoms in total. The fraction of sp³-hybridized carbons (Fsp3) is 1.00. The average Bonchev–Trinajstić information content (AvgIpc) is 2.44. The van der Waals surface area contributed by atoms with Crippen molar-refractivity contribution in [3.8, 4) is 0 Å². The Hall–Kier alpha value is 1.82. The zero-order valence-corrected chi connectivity index (χ0v) is 20.1. The van der Waals surface area contributed by atoms with Crippen LogP contribution >= 0.6 is 49.8 Å². The van der Waals surface area contributed by atoms with Crippen LogP contribution < -0.4 is 0 Å². The summed E-state index contributed by atoms with van der Waals surface area (Å²) in [5, 5.41) is 0. The zero-order chi connectivity index (χ0) is 14.3. The van der Waals surface area contributed by atoms with Gasteiger partial charge in [0.1, 0.15) is 0 Å². The Balaban J connectivity index is -0.00000162. The summed E-state index contributed by atoms with van der Waals surface area (Å²) in [5.74, 6) is 1.63. The van der Waals surface area contributed by atoms with Crippen molar-refractivity contribution in [3.63, 3.8) is 0 Å². The van der Waals surface area contributed by atoms with E-state index in [-0.39, 0.29) is 34.0 Å². The fourth-order valence-electron chi connectivity index (χ4n) is 2.46. The van der Waals surface area contributed by atoms with Crippen molar-refractivity contribution in [2.45, 2.75) is 79.1 Å². The molecule has 0 aromatic heterocycles. The molecule has 2 atom stereocenters. The second-order valence-corrected chi connectivity index (χ2v) is 11.7. The number of unbranched alkanes of at least 4 members (excludes halogenated alkanes) is 6. The summed E-state index contributed by atoms with van der Waals surface area (Å²) in [6.07, 6.45) is 17.7. The summed E-state index contributed by atoms with van der Waals surface area (Å²) in [4.78, 5) is 0. The number of rotatable bonds is 14. The average molecular weight is 466 g/mol. The minimum Gasteiger partial charge on any atom is -0.114 e. The van der Waals surface area contributed by atoms with Gasteiger partial charge < -0.3 is 0 Å². The lowest BCUT2D eigenvalue weighted by atomic mass is 10.2.